The zero-order valence-corrected chi connectivity index (χ0v) is 25.4. The lowest BCUT2D eigenvalue weighted by Gasteiger charge is -2.34. The third kappa shape index (κ3) is 8.16. The van der Waals surface area contributed by atoms with Gasteiger partial charge in [0.05, 0.1) is 10.6 Å². The van der Waals surface area contributed by atoms with E-state index in [1.165, 1.54) is 17.0 Å². The van der Waals surface area contributed by atoms with Gasteiger partial charge in [-0.3, -0.25) is 13.9 Å². The molecule has 39 heavy (non-hydrogen) atoms. The first-order chi connectivity index (χ1) is 18.3. The molecule has 3 rings (SSSR count). The fourth-order valence-corrected chi connectivity index (χ4v) is 5.93. The molecular weight excluding hydrogens is 578 g/mol. The van der Waals surface area contributed by atoms with E-state index in [4.69, 9.17) is 0 Å². The highest BCUT2D eigenvalue weighted by Crippen LogP contribution is 2.26. The number of amides is 2. The molecule has 0 aliphatic rings. The van der Waals surface area contributed by atoms with Gasteiger partial charge in [0.2, 0.25) is 11.8 Å². The zero-order valence-electron chi connectivity index (χ0n) is 23.0. The number of nitrogens with zero attached hydrogens (tertiary/aromatic N) is 2. The number of nitrogens with one attached hydrogen (secondary N) is 1. The number of carbonyl (C=O) groups is 2. The summed E-state index contributed by atoms with van der Waals surface area (Å²) in [6.45, 7) is 9.14. The van der Waals surface area contributed by atoms with Crippen LogP contribution in [0.25, 0.3) is 0 Å². The van der Waals surface area contributed by atoms with Gasteiger partial charge in [0.1, 0.15) is 12.6 Å². The topological polar surface area (TPSA) is 86.8 Å². The van der Waals surface area contributed by atoms with Crippen molar-refractivity contribution in [1.82, 2.24) is 10.2 Å². The average molecular weight is 615 g/mol. The summed E-state index contributed by atoms with van der Waals surface area (Å²) in [5.41, 5.74) is 1.72. The number of rotatable bonds is 10. The van der Waals surface area contributed by atoms with Crippen LogP contribution in [0.3, 0.4) is 0 Å². The third-order valence-electron chi connectivity index (χ3n) is 6.04. The number of hydrogen-bond acceptors (Lipinski definition) is 4. The fraction of sp³-hybridized carbons (Fsp3) is 0.333. The van der Waals surface area contributed by atoms with Crippen molar-refractivity contribution in [3.8, 4) is 0 Å². The maximum absolute atomic E-state index is 14.1. The second-order valence-corrected chi connectivity index (χ2v) is 13.3. The smallest absolute Gasteiger partial charge is 0.264 e. The van der Waals surface area contributed by atoms with E-state index in [9.17, 15) is 18.0 Å². The molecule has 0 aliphatic carbocycles. The van der Waals surface area contributed by atoms with Crippen molar-refractivity contribution >= 4 is 43.5 Å². The minimum atomic E-state index is -4.09. The normalized spacial score (nSPS) is 12.5. The van der Waals surface area contributed by atoms with Gasteiger partial charge < -0.3 is 10.2 Å². The van der Waals surface area contributed by atoms with Crippen molar-refractivity contribution in [1.29, 1.82) is 0 Å². The molecule has 2 amide bonds. The van der Waals surface area contributed by atoms with Crippen LogP contribution in [0.15, 0.2) is 88.2 Å². The Hall–Kier alpha value is -3.17. The molecule has 208 valence electrons. The number of aryl methyl sites for hydroxylation is 1. The van der Waals surface area contributed by atoms with Crippen LogP contribution in [0.5, 0.6) is 0 Å². The van der Waals surface area contributed by atoms with Gasteiger partial charge in [0.25, 0.3) is 10.0 Å². The largest absolute Gasteiger partial charge is 0.350 e. The van der Waals surface area contributed by atoms with Crippen molar-refractivity contribution in [2.24, 2.45) is 0 Å². The summed E-state index contributed by atoms with van der Waals surface area (Å²) in [5.74, 6) is -0.762. The Morgan fingerprint density at radius 3 is 2.15 bits per heavy atom. The molecule has 1 N–H and O–H groups in total. The Bertz CT molecular complexity index is 1390. The molecule has 1 atom stereocenters. The van der Waals surface area contributed by atoms with E-state index in [0.717, 1.165) is 19.9 Å². The Morgan fingerprint density at radius 2 is 1.59 bits per heavy atom. The quantitative estimate of drug-likeness (QED) is 0.319. The summed E-state index contributed by atoms with van der Waals surface area (Å²) in [6.07, 6.45) is 0.364. The standard InChI is InChI=1S/C30H36BrN3O4S/c1-6-27(29(36)32-30(3,4)5)33(20-23-12-10-11-22(2)19-23)28(35)21-34(25-17-15-24(31)16-18-25)39(37,38)26-13-8-7-9-14-26/h7-19,27H,6,20-21H2,1-5H3,(H,32,36). The van der Waals surface area contributed by atoms with E-state index in [2.05, 4.69) is 21.2 Å². The highest BCUT2D eigenvalue weighted by Gasteiger charge is 2.34. The van der Waals surface area contributed by atoms with Gasteiger partial charge in [-0.05, 0) is 76.1 Å². The van der Waals surface area contributed by atoms with Gasteiger partial charge in [-0.1, -0.05) is 70.9 Å². The molecule has 0 saturated heterocycles. The van der Waals surface area contributed by atoms with E-state index >= 15 is 0 Å². The van der Waals surface area contributed by atoms with E-state index in [1.807, 2.05) is 58.9 Å². The minimum absolute atomic E-state index is 0.0727. The number of anilines is 1. The number of carbonyl (C=O) groups excluding carboxylic acids is 2. The van der Waals surface area contributed by atoms with Crippen LogP contribution in [-0.4, -0.2) is 43.3 Å². The molecular formula is C30H36BrN3O4S. The average Bonchev–Trinajstić information content (AvgIpc) is 2.87. The van der Waals surface area contributed by atoms with Gasteiger partial charge in [-0.25, -0.2) is 8.42 Å². The van der Waals surface area contributed by atoms with Crippen LogP contribution in [-0.2, 0) is 26.2 Å². The summed E-state index contributed by atoms with van der Waals surface area (Å²) in [5, 5.41) is 2.98. The SMILES string of the molecule is CCC(C(=O)NC(C)(C)C)N(Cc1cccc(C)c1)C(=O)CN(c1ccc(Br)cc1)S(=O)(=O)c1ccccc1. The first-order valence-electron chi connectivity index (χ1n) is 12.8. The Balaban J connectivity index is 2.06. The van der Waals surface area contributed by atoms with Gasteiger partial charge in [0, 0.05) is 16.6 Å². The van der Waals surface area contributed by atoms with Crippen LogP contribution < -0.4 is 9.62 Å². The van der Waals surface area contributed by atoms with Crippen molar-refractivity contribution < 1.29 is 18.0 Å². The molecule has 0 radical (unpaired) electrons. The molecule has 9 heteroatoms. The van der Waals surface area contributed by atoms with Crippen molar-refractivity contribution in [3.05, 3.63) is 94.5 Å². The molecule has 3 aromatic carbocycles. The second-order valence-electron chi connectivity index (χ2n) is 10.5. The molecule has 3 aromatic rings. The van der Waals surface area contributed by atoms with E-state index in [-0.39, 0.29) is 17.3 Å². The van der Waals surface area contributed by atoms with Gasteiger partial charge >= 0.3 is 0 Å². The van der Waals surface area contributed by atoms with Crippen LogP contribution in [0.2, 0.25) is 0 Å². The van der Waals surface area contributed by atoms with E-state index < -0.39 is 34.1 Å². The maximum Gasteiger partial charge on any atom is 0.264 e. The number of sulfonamides is 1. The molecule has 0 aromatic heterocycles. The van der Waals surface area contributed by atoms with Crippen LogP contribution in [0.1, 0.15) is 45.2 Å². The van der Waals surface area contributed by atoms with E-state index in [1.54, 1.807) is 42.5 Å². The lowest BCUT2D eigenvalue weighted by Crippen LogP contribution is -2.55. The molecule has 7 nitrogen and oxygen atoms in total. The Morgan fingerprint density at radius 1 is 0.949 bits per heavy atom. The Kier molecular flexibility index (Phi) is 9.96. The maximum atomic E-state index is 14.1. The lowest BCUT2D eigenvalue weighted by molar-refractivity contribution is -0.141. The Labute approximate surface area is 240 Å². The number of benzene rings is 3. The first kappa shape index (κ1) is 30.4. The fourth-order valence-electron chi connectivity index (χ4n) is 4.24. The first-order valence-corrected chi connectivity index (χ1v) is 15.1. The van der Waals surface area contributed by atoms with Gasteiger partial charge in [-0.2, -0.15) is 0 Å². The molecule has 0 fully saturated rings. The van der Waals surface area contributed by atoms with Crippen LogP contribution >= 0.6 is 15.9 Å². The van der Waals surface area contributed by atoms with Crippen LogP contribution in [0, 0.1) is 6.92 Å². The molecule has 0 bridgehead atoms. The molecule has 0 saturated carbocycles. The van der Waals surface area contributed by atoms with Crippen LogP contribution in [0.4, 0.5) is 5.69 Å². The molecule has 0 aliphatic heterocycles. The minimum Gasteiger partial charge on any atom is -0.350 e. The number of hydrogen-bond donors (Lipinski definition) is 1. The predicted octanol–water partition coefficient (Wildman–Crippen LogP) is 5.67. The highest BCUT2D eigenvalue weighted by atomic mass is 79.9. The lowest BCUT2D eigenvalue weighted by atomic mass is 10.0. The van der Waals surface area contributed by atoms with Crippen molar-refractivity contribution in [3.63, 3.8) is 0 Å². The second kappa shape index (κ2) is 12.8. The highest BCUT2D eigenvalue weighted by molar-refractivity contribution is 9.10. The van der Waals surface area contributed by atoms with Crippen molar-refractivity contribution in [2.45, 2.75) is 64.1 Å². The summed E-state index contributed by atoms with van der Waals surface area (Å²) in [7, 11) is -4.09. The third-order valence-corrected chi connectivity index (χ3v) is 8.36. The predicted molar refractivity (Wildman–Crippen MR) is 159 cm³/mol. The van der Waals surface area contributed by atoms with E-state index in [0.29, 0.717) is 12.1 Å². The zero-order chi connectivity index (χ0) is 28.8. The summed E-state index contributed by atoms with van der Waals surface area (Å²) in [4.78, 5) is 29.0. The van der Waals surface area contributed by atoms with Crippen molar-refractivity contribution in [2.75, 3.05) is 10.8 Å². The summed E-state index contributed by atoms with van der Waals surface area (Å²) in [6, 6.07) is 21.7. The number of halogens is 1. The molecule has 1 unspecified atom stereocenters. The monoisotopic (exact) mass is 613 g/mol. The summed E-state index contributed by atoms with van der Waals surface area (Å²) >= 11 is 3.39. The molecule has 0 heterocycles. The van der Waals surface area contributed by atoms with Gasteiger partial charge in [0.15, 0.2) is 0 Å². The summed E-state index contributed by atoms with van der Waals surface area (Å²) < 4.78 is 29.5. The van der Waals surface area contributed by atoms with Gasteiger partial charge in [-0.15, -0.1) is 0 Å². The molecule has 0 spiro atoms.